The fourth-order valence-corrected chi connectivity index (χ4v) is 1.45. The summed E-state index contributed by atoms with van der Waals surface area (Å²) in [5.41, 5.74) is 0. The Kier molecular flexibility index (Phi) is 3.03. The third kappa shape index (κ3) is 2.06. The summed E-state index contributed by atoms with van der Waals surface area (Å²) in [5.74, 6) is -0.587. The lowest BCUT2D eigenvalue weighted by Gasteiger charge is -2.16. The molecule has 4 heteroatoms. The van der Waals surface area contributed by atoms with Gasteiger partial charge in [-0.1, -0.05) is 13.8 Å². The molecule has 13 heavy (non-hydrogen) atoms. The quantitative estimate of drug-likeness (QED) is 0.630. The molecule has 0 spiro atoms. The van der Waals surface area contributed by atoms with E-state index in [4.69, 9.17) is 5.11 Å². The standard InChI is InChI=1S/C9H15NO3/c1-6(2)4-10-8(12)3-7(5-11)9(10)13/h6-7,11H,3-5H2,1-2H3. The number of imide groups is 1. The van der Waals surface area contributed by atoms with E-state index in [1.165, 1.54) is 4.90 Å². The van der Waals surface area contributed by atoms with Crippen LogP contribution in [0.2, 0.25) is 0 Å². The summed E-state index contributed by atoms with van der Waals surface area (Å²) in [6, 6.07) is 0. The molecular weight excluding hydrogens is 170 g/mol. The number of carbonyl (C=O) groups excluding carboxylic acids is 2. The molecule has 0 aliphatic carbocycles. The second-order valence-corrected chi connectivity index (χ2v) is 3.82. The lowest BCUT2D eigenvalue weighted by molar-refractivity contribution is -0.140. The maximum atomic E-state index is 11.4. The van der Waals surface area contributed by atoms with Crippen LogP contribution in [-0.2, 0) is 9.59 Å². The van der Waals surface area contributed by atoms with Crippen LogP contribution in [0.1, 0.15) is 20.3 Å². The molecule has 1 atom stereocenters. The van der Waals surface area contributed by atoms with Crippen molar-refractivity contribution in [3.05, 3.63) is 0 Å². The summed E-state index contributed by atoms with van der Waals surface area (Å²) >= 11 is 0. The van der Waals surface area contributed by atoms with E-state index < -0.39 is 5.92 Å². The van der Waals surface area contributed by atoms with Crippen molar-refractivity contribution >= 4 is 11.8 Å². The highest BCUT2D eigenvalue weighted by Crippen LogP contribution is 2.19. The van der Waals surface area contributed by atoms with E-state index in [2.05, 4.69) is 0 Å². The lowest BCUT2D eigenvalue weighted by atomic mass is 10.1. The van der Waals surface area contributed by atoms with Crippen LogP contribution in [0.4, 0.5) is 0 Å². The van der Waals surface area contributed by atoms with Crippen LogP contribution in [0.5, 0.6) is 0 Å². The van der Waals surface area contributed by atoms with E-state index in [-0.39, 0.29) is 30.8 Å². The largest absolute Gasteiger partial charge is 0.396 e. The maximum Gasteiger partial charge on any atom is 0.235 e. The molecule has 1 aliphatic rings. The normalized spacial score (nSPS) is 23.4. The fourth-order valence-electron chi connectivity index (χ4n) is 1.45. The predicted octanol–water partition coefficient (Wildman–Crippen LogP) is 0.00980. The van der Waals surface area contributed by atoms with Gasteiger partial charge in [0.2, 0.25) is 11.8 Å². The molecule has 74 valence electrons. The topological polar surface area (TPSA) is 57.6 Å². The Labute approximate surface area is 77.5 Å². The highest BCUT2D eigenvalue weighted by molar-refractivity contribution is 6.03. The van der Waals surface area contributed by atoms with Crippen molar-refractivity contribution in [1.29, 1.82) is 0 Å². The molecule has 0 aromatic rings. The van der Waals surface area contributed by atoms with Gasteiger partial charge >= 0.3 is 0 Å². The van der Waals surface area contributed by atoms with E-state index in [0.29, 0.717) is 6.54 Å². The van der Waals surface area contributed by atoms with Crippen molar-refractivity contribution in [3.8, 4) is 0 Å². The van der Waals surface area contributed by atoms with Crippen molar-refractivity contribution in [2.75, 3.05) is 13.2 Å². The monoisotopic (exact) mass is 185 g/mol. The zero-order valence-electron chi connectivity index (χ0n) is 7.99. The highest BCUT2D eigenvalue weighted by atomic mass is 16.3. The molecule has 1 heterocycles. The van der Waals surface area contributed by atoms with Crippen LogP contribution in [0.25, 0.3) is 0 Å². The molecule has 1 aliphatic heterocycles. The van der Waals surface area contributed by atoms with Crippen LogP contribution in [-0.4, -0.2) is 35.0 Å². The number of carbonyl (C=O) groups is 2. The van der Waals surface area contributed by atoms with Gasteiger partial charge in [0.1, 0.15) is 0 Å². The van der Waals surface area contributed by atoms with Crippen LogP contribution in [0, 0.1) is 11.8 Å². The molecule has 4 nitrogen and oxygen atoms in total. The number of amides is 2. The Morgan fingerprint density at radius 1 is 1.54 bits per heavy atom. The average molecular weight is 185 g/mol. The highest BCUT2D eigenvalue weighted by Gasteiger charge is 2.37. The Morgan fingerprint density at radius 2 is 2.15 bits per heavy atom. The van der Waals surface area contributed by atoms with Gasteiger partial charge in [0.05, 0.1) is 12.5 Å². The van der Waals surface area contributed by atoms with Crippen LogP contribution in [0.15, 0.2) is 0 Å². The van der Waals surface area contributed by atoms with Crippen molar-refractivity contribution < 1.29 is 14.7 Å². The number of aliphatic hydroxyl groups excluding tert-OH is 1. The summed E-state index contributed by atoms with van der Waals surface area (Å²) in [6.07, 6.45) is 0.169. The second kappa shape index (κ2) is 3.87. The van der Waals surface area contributed by atoms with Gasteiger partial charge in [0.25, 0.3) is 0 Å². The fraction of sp³-hybridized carbons (Fsp3) is 0.778. The van der Waals surface area contributed by atoms with E-state index in [1.807, 2.05) is 13.8 Å². The lowest BCUT2D eigenvalue weighted by Crippen LogP contribution is -2.34. The summed E-state index contributed by atoms with van der Waals surface area (Å²) < 4.78 is 0. The number of aliphatic hydroxyl groups is 1. The van der Waals surface area contributed by atoms with Gasteiger partial charge in [-0.3, -0.25) is 14.5 Å². The van der Waals surface area contributed by atoms with Gasteiger partial charge in [0.15, 0.2) is 0 Å². The second-order valence-electron chi connectivity index (χ2n) is 3.82. The number of rotatable bonds is 3. The molecule has 1 saturated heterocycles. The van der Waals surface area contributed by atoms with Crippen molar-refractivity contribution in [1.82, 2.24) is 4.90 Å². The summed E-state index contributed by atoms with van der Waals surface area (Å²) in [7, 11) is 0. The summed E-state index contributed by atoms with van der Waals surface area (Å²) in [4.78, 5) is 24.0. The van der Waals surface area contributed by atoms with Gasteiger partial charge in [0, 0.05) is 13.0 Å². The average Bonchev–Trinajstić information content (AvgIpc) is 2.31. The smallest absolute Gasteiger partial charge is 0.235 e. The van der Waals surface area contributed by atoms with Crippen molar-refractivity contribution in [3.63, 3.8) is 0 Å². The molecule has 0 radical (unpaired) electrons. The minimum Gasteiger partial charge on any atom is -0.396 e. The van der Waals surface area contributed by atoms with Crippen LogP contribution < -0.4 is 0 Å². The van der Waals surface area contributed by atoms with E-state index in [9.17, 15) is 9.59 Å². The summed E-state index contributed by atoms with van der Waals surface area (Å²) in [5, 5.41) is 8.81. The minimum atomic E-state index is -0.494. The Balaban J connectivity index is 2.65. The third-order valence-corrected chi connectivity index (χ3v) is 2.11. The Hall–Kier alpha value is -0.900. The van der Waals surface area contributed by atoms with Crippen molar-refractivity contribution in [2.45, 2.75) is 20.3 Å². The molecule has 2 amide bonds. The molecule has 1 fully saturated rings. The zero-order chi connectivity index (χ0) is 10.0. The number of nitrogens with zero attached hydrogens (tertiary/aromatic N) is 1. The third-order valence-electron chi connectivity index (χ3n) is 2.11. The molecule has 0 aromatic heterocycles. The SMILES string of the molecule is CC(C)CN1C(=O)CC(CO)C1=O. The first-order chi connectivity index (χ1) is 6.06. The number of hydrogen-bond donors (Lipinski definition) is 1. The molecule has 1 unspecified atom stereocenters. The summed E-state index contributed by atoms with van der Waals surface area (Å²) in [6.45, 7) is 4.15. The molecule has 0 bridgehead atoms. The van der Waals surface area contributed by atoms with Gasteiger partial charge in [-0.05, 0) is 5.92 Å². The van der Waals surface area contributed by atoms with Crippen LogP contribution in [0.3, 0.4) is 0 Å². The van der Waals surface area contributed by atoms with Gasteiger partial charge in [-0.25, -0.2) is 0 Å². The van der Waals surface area contributed by atoms with Gasteiger partial charge < -0.3 is 5.11 Å². The Morgan fingerprint density at radius 3 is 2.54 bits per heavy atom. The molecule has 0 aromatic carbocycles. The molecule has 1 rings (SSSR count). The van der Waals surface area contributed by atoms with E-state index in [0.717, 1.165) is 0 Å². The Bertz CT molecular complexity index is 225. The predicted molar refractivity (Wildman–Crippen MR) is 46.8 cm³/mol. The first kappa shape index (κ1) is 10.2. The molecule has 1 N–H and O–H groups in total. The maximum absolute atomic E-state index is 11.4. The first-order valence-corrected chi connectivity index (χ1v) is 4.51. The first-order valence-electron chi connectivity index (χ1n) is 4.51. The van der Waals surface area contributed by atoms with E-state index in [1.54, 1.807) is 0 Å². The molecule has 0 saturated carbocycles. The number of hydrogen-bond acceptors (Lipinski definition) is 3. The van der Waals surface area contributed by atoms with E-state index >= 15 is 0 Å². The number of likely N-dealkylation sites (tertiary alicyclic amines) is 1. The van der Waals surface area contributed by atoms with Crippen molar-refractivity contribution in [2.24, 2.45) is 11.8 Å². The van der Waals surface area contributed by atoms with Gasteiger partial charge in [-0.15, -0.1) is 0 Å². The van der Waals surface area contributed by atoms with Crippen LogP contribution >= 0.6 is 0 Å². The zero-order valence-corrected chi connectivity index (χ0v) is 7.99. The molecular formula is C9H15NO3. The van der Waals surface area contributed by atoms with Gasteiger partial charge in [-0.2, -0.15) is 0 Å². The minimum absolute atomic E-state index is 0.155.